The van der Waals surface area contributed by atoms with Gasteiger partial charge in [-0.2, -0.15) is 5.10 Å². The van der Waals surface area contributed by atoms with E-state index in [-0.39, 0.29) is 5.91 Å². The van der Waals surface area contributed by atoms with Crippen molar-refractivity contribution in [2.75, 3.05) is 21.3 Å². The van der Waals surface area contributed by atoms with Gasteiger partial charge in [-0.15, -0.1) is 0 Å². The molecule has 0 aliphatic rings. The highest BCUT2D eigenvalue weighted by molar-refractivity contribution is 5.95. The van der Waals surface area contributed by atoms with Gasteiger partial charge < -0.3 is 18.9 Å². The highest BCUT2D eigenvalue weighted by Gasteiger charge is 2.13. The fraction of sp³-hybridized carbons (Fsp3) is 0.125. The Morgan fingerprint density at radius 3 is 2.22 bits per heavy atom. The molecule has 164 valence electrons. The lowest BCUT2D eigenvalue weighted by molar-refractivity contribution is 0.0734. The van der Waals surface area contributed by atoms with E-state index in [9.17, 15) is 9.59 Å². The molecule has 3 rings (SSSR count). The van der Waals surface area contributed by atoms with Gasteiger partial charge in [0.05, 0.1) is 33.1 Å². The number of amides is 1. The summed E-state index contributed by atoms with van der Waals surface area (Å²) in [5, 5.41) is 3.95. The van der Waals surface area contributed by atoms with E-state index in [2.05, 4.69) is 10.5 Å². The second-order valence-corrected chi connectivity index (χ2v) is 6.46. The van der Waals surface area contributed by atoms with Crippen molar-refractivity contribution in [2.24, 2.45) is 5.10 Å². The molecule has 1 N–H and O–H groups in total. The summed E-state index contributed by atoms with van der Waals surface area (Å²) in [6.07, 6.45) is 1.48. The maximum Gasteiger partial charge on any atom is 0.343 e. The maximum absolute atomic E-state index is 12.4. The number of benzene rings is 3. The van der Waals surface area contributed by atoms with Crippen LogP contribution in [0.4, 0.5) is 0 Å². The third-order valence-electron chi connectivity index (χ3n) is 4.42. The van der Waals surface area contributed by atoms with Crippen molar-refractivity contribution in [3.05, 3.63) is 83.4 Å². The second-order valence-electron chi connectivity index (χ2n) is 6.46. The lowest BCUT2D eigenvalue weighted by atomic mass is 10.2. The molecule has 0 saturated heterocycles. The van der Waals surface area contributed by atoms with Crippen LogP contribution in [0.2, 0.25) is 0 Å². The summed E-state index contributed by atoms with van der Waals surface area (Å²) in [7, 11) is 4.54. The number of hydrogen-bond acceptors (Lipinski definition) is 7. The summed E-state index contributed by atoms with van der Waals surface area (Å²) < 4.78 is 20.9. The maximum atomic E-state index is 12.4. The van der Waals surface area contributed by atoms with Gasteiger partial charge in [-0.05, 0) is 66.2 Å². The minimum Gasteiger partial charge on any atom is -0.497 e. The first-order chi connectivity index (χ1) is 15.5. The van der Waals surface area contributed by atoms with Gasteiger partial charge in [0.25, 0.3) is 5.91 Å². The molecule has 32 heavy (non-hydrogen) atoms. The van der Waals surface area contributed by atoms with E-state index >= 15 is 0 Å². The molecule has 0 heterocycles. The van der Waals surface area contributed by atoms with E-state index in [0.717, 1.165) is 0 Å². The molecule has 0 aliphatic heterocycles. The Labute approximate surface area is 185 Å². The fourth-order valence-corrected chi connectivity index (χ4v) is 2.75. The van der Waals surface area contributed by atoms with Crippen LogP contribution in [-0.2, 0) is 0 Å². The zero-order valence-corrected chi connectivity index (χ0v) is 17.8. The number of rotatable bonds is 8. The SMILES string of the molecule is COc1cccc(C(=O)N/N=C\c2ccc(OC(=O)c3ccc(OC)c(OC)c3)cc2)c1. The Bertz CT molecular complexity index is 1130. The Morgan fingerprint density at radius 2 is 1.53 bits per heavy atom. The van der Waals surface area contributed by atoms with E-state index in [0.29, 0.717) is 39.7 Å². The quantitative estimate of drug-likeness (QED) is 0.251. The summed E-state index contributed by atoms with van der Waals surface area (Å²) in [6, 6.07) is 18.2. The molecule has 1 amide bonds. The molecular weight excluding hydrogens is 412 g/mol. The molecule has 0 atom stereocenters. The van der Waals surface area contributed by atoms with Crippen molar-refractivity contribution in [3.63, 3.8) is 0 Å². The summed E-state index contributed by atoms with van der Waals surface area (Å²) in [5.41, 5.74) is 3.92. The molecule has 0 aromatic heterocycles. The van der Waals surface area contributed by atoms with Gasteiger partial charge in [0, 0.05) is 5.56 Å². The van der Waals surface area contributed by atoms with Gasteiger partial charge in [-0.3, -0.25) is 4.79 Å². The van der Waals surface area contributed by atoms with Crippen LogP contribution in [-0.4, -0.2) is 39.4 Å². The predicted octanol–water partition coefficient (Wildman–Crippen LogP) is 3.70. The zero-order chi connectivity index (χ0) is 22.9. The van der Waals surface area contributed by atoms with Gasteiger partial charge in [-0.1, -0.05) is 6.07 Å². The predicted molar refractivity (Wildman–Crippen MR) is 119 cm³/mol. The number of ether oxygens (including phenoxy) is 4. The van der Waals surface area contributed by atoms with Crippen LogP contribution < -0.4 is 24.4 Å². The molecule has 0 fully saturated rings. The molecule has 0 radical (unpaired) electrons. The molecule has 8 nitrogen and oxygen atoms in total. The Morgan fingerprint density at radius 1 is 0.781 bits per heavy atom. The highest BCUT2D eigenvalue weighted by Crippen LogP contribution is 2.28. The summed E-state index contributed by atoms with van der Waals surface area (Å²) in [6.45, 7) is 0. The summed E-state index contributed by atoms with van der Waals surface area (Å²) >= 11 is 0. The number of methoxy groups -OCH3 is 3. The number of carbonyl (C=O) groups is 2. The van der Waals surface area contributed by atoms with E-state index in [1.807, 2.05) is 0 Å². The van der Waals surface area contributed by atoms with Crippen molar-refractivity contribution in [1.29, 1.82) is 0 Å². The number of nitrogens with one attached hydrogen (secondary N) is 1. The van der Waals surface area contributed by atoms with Crippen molar-refractivity contribution in [2.45, 2.75) is 0 Å². The van der Waals surface area contributed by atoms with Gasteiger partial charge >= 0.3 is 5.97 Å². The first kappa shape index (κ1) is 22.4. The molecule has 0 saturated carbocycles. The van der Waals surface area contributed by atoms with Crippen LogP contribution in [0.5, 0.6) is 23.0 Å². The normalized spacial score (nSPS) is 10.5. The monoisotopic (exact) mass is 434 g/mol. The Hall–Kier alpha value is -4.33. The van der Waals surface area contributed by atoms with Gasteiger partial charge in [0.1, 0.15) is 11.5 Å². The van der Waals surface area contributed by atoms with E-state index in [4.69, 9.17) is 18.9 Å². The van der Waals surface area contributed by atoms with Gasteiger partial charge in [-0.25, -0.2) is 10.2 Å². The number of esters is 1. The first-order valence-electron chi connectivity index (χ1n) is 9.55. The van der Waals surface area contributed by atoms with E-state index in [1.165, 1.54) is 27.5 Å². The minimum atomic E-state index is -0.530. The van der Waals surface area contributed by atoms with Gasteiger partial charge in [0.2, 0.25) is 0 Å². The minimum absolute atomic E-state index is 0.327. The molecular formula is C24H22N2O6. The summed E-state index contributed by atoms with van der Waals surface area (Å²) in [4.78, 5) is 24.5. The number of hydrazone groups is 1. The highest BCUT2D eigenvalue weighted by atomic mass is 16.5. The third-order valence-corrected chi connectivity index (χ3v) is 4.42. The topological polar surface area (TPSA) is 95.5 Å². The molecule has 3 aromatic rings. The molecule has 3 aromatic carbocycles. The van der Waals surface area contributed by atoms with Crippen LogP contribution in [0.3, 0.4) is 0 Å². The molecule has 0 unspecified atom stereocenters. The number of hydrogen-bond donors (Lipinski definition) is 1. The van der Waals surface area contributed by atoms with Crippen molar-refractivity contribution >= 4 is 18.1 Å². The van der Waals surface area contributed by atoms with Gasteiger partial charge in [0.15, 0.2) is 11.5 Å². The third kappa shape index (κ3) is 5.63. The number of nitrogens with zero attached hydrogens (tertiary/aromatic N) is 1. The lowest BCUT2D eigenvalue weighted by Gasteiger charge is -2.09. The zero-order valence-electron chi connectivity index (χ0n) is 17.8. The lowest BCUT2D eigenvalue weighted by Crippen LogP contribution is -2.17. The van der Waals surface area contributed by atoms with Crippen molar-refractivity contribution < 1.29 is 28.5 Å². The Kier molecular flexibility index (Phi) is 7.42. The van der Waals surface area contributed by atoms with Crippen molar-refractivity contribution in [3.8, 4) is 23.0 Å². The van der Waals surface area contributed by atoms with Crippen LogP contribution >= 0.6 is 0 Å². The van der Waals surface area contributed by atoms with Crippen molar-refractivity contribution in [1.82, 2.24) is 5.43 Å². The average molecular weight is 434 g/mol. The second kappa shape index (κ2) is 10.6. The van der Waals surface area contributed by atoms with E-state index in [1.54, 1.807) is 66.7 Å². The van der Waals surface area contributed by atoms with Crippen LogP contribution in [0.25, 0.3) is 0 Å². The smallest absolute Gasteiger partial charge is 0.343 e. The summed E-state index contributed by atoms with van der Waals surface area (Å²) in [5.74, 6) is 1.01. The standard InChI is InChI=1S/C24H22N2O6/c1-29-20-6-4-5-17(13-20)23(27)26-25-15-16-7-10-19(11-8-16)32-24(28)18-9-12-21(30-2)22(14-18)31-3/h4-15H,1-3H3,(H,26,27)/b25-15-. The average Bonchev–Trinajstić information content (AvgIpc) is 2.84. The Balaban J connectivity index is 1.58. The molecule has 8 heteroatoms. The largest absolute Gasteiger partial charge is 0.497 e. The molecule has 0 spiro atoms. The van der Waals surface area contributed by atoms with Crippen LogP contribution in [0, 0.1) is 0 Å². The number of carbonyl (C=O) groups excluding carboxylic acids is 2. The molecule has 0 bridgehead atoms. The van der Waals surface area contributed by atoms with Crippen LogP contribution in [0.15, 0.2) is 71.8 Å². The molecule has 0 aliphatic carbocycles. The van der Waals surface area contributed by atoms with E-state index < -0.39 is 5.97 Å². The van der Waals surface area contributed by atoms with Crippen LogP contribution in [0.1, 0.15) is 26.3 Å². The first-order valence-corrected chi connectivity index (χ1v) is 9.55. The fourth-order valence-electron chi connectivity index (χ4n) is 2.75.